The van der Waals surface area contributed by atoms with Crippen LogP contribution in [0, 0.1) is 5.92 Å². The lowest BCUT2D eigenvalue weighted by Crippen LogP contribution is -2.52. The highest BCUT2D eigenvalue weighted by Crippen LogP contribution is 2.19. The summed E-state index contributed by atoms with van der Waals surface area (Å²) in [7, 11) is 0. The van der Waals surface area contributed by atoms with E-state index in [0.29, 0.717) is 13.0 Å². The van der Waals surface area contributed by atoms with Gasteiger partial charge in [-0.1, -0.05) is 13.8 Å². The third kappa shape index (κ3) is 3.87. The quantitative estimate of drug-likeness (QED) is 0.649. The number of hydrogen-bond donors (Lipinski definition) is 3. The van der Waals surface area contributed by atoms with E-state index in [2.05, 4.69) is 5.32 Å². The van der Waals surface area contributed by atoms with Crippen molar-refractivity contribution in [1.29, 1.82) is 0 Å². The summed E-state index contributed by atoms with van der Waals surface area (Å²) in [6.07, 6.45) is 2.26. The molecule has 104 valence electrons. The first kappa shape index (κ1) is 14.8. The van der Waals surface area contributed by atoms with Crippen LogP contribution >= 0.6 is 0 Å². The minimum Gasteiger partial charge on any atom is -0.394 e. The van der Waals surface area contributed by atoms with Crippen molar-refractivity contribution in [2.24, 2.45) is 11.7 Å². The van der Waals surface area contributed by atoms with Crippen LogP contribution in [0.5, 0.6) is 0 Å². The Hall–Kier alpha value is -1.30. The third-order valence-electron chi connectivity index (χ3n) is 3.19. The lowest BCUT2D eigenvalue weighted by molar-refractivity contribution is -0.135. The Balaban J connectivity index is 2.71. The van der Waals surface area contributed by atoms with Gasteiger partial charge in [0.2, 0.25) is 5.91 Å². The van der Waals surface area contributed by atoms with Gasteiger partial charge in [0.25, 0.3) is 0 Å². The van der Waals surface area contributed by atoms with Gasteiger partial charge in [-0.25, -0.2) is 4.79 Å². The molecule has 0 saturated carbocycles. The molecule has 0 bridgehead atoms. The molecule has 0 spiro atoms. The normalized spacial score (nSPS) is 21.1. The van der Waals surface area contributed by atoms with E-state index in [1.165, 1.54) is 0 Å². The van der Waals surface area contributed by atoms with Crippen molar-refractivity contribution < 1.29 is 14.7 Å². The van der Waals surface area contributed by atoms with Crippen LogP contribution in [0.25, 0.3) is 0 Å². The zero-order valence-electron chi connectivity index (χ0n) is 11.1. The number of amides is 3. The van der Waals surface area contributed by atoms with Crippen LogP contribution in [-0.2, 0) is 4.79 Å². The Labute approximate surface area is 108 Å². The number of carbonyl (C=O) groups is 2. The summed E-state index contributed by atoms with van der Waals surface area (Å²) >= 11 is 0. The standard InChI is InChI=1S/C12H23N3O3/c1-8(2)6-10(14-12(13)18)11(17)15-5-3-4-9(15)7-16/h8-10,16H,3-7H2,1-2H3,(H3,13,14,18)/t9-,10?/m0/s1. The molecule has 1 aliphatic heterocycles. The molecule has 18 heavy (non-hydrogen) atoms. The van der Waals surface area contributed by atoms with Gasteiger partial charge in [0.1, 0.15) is 6.04 Å². The Morgan fingerprint density at radius 3 is 2.67 bits per heavy atom. The predicted molar refractivity (Wildman–Crippen MR) is 67.8 cm³/mol. The summed E-state index contributed by atoms with van der Waals surface area (Å²) in [5, 5.41) is 11.7. The largest absolute Gasteiger partial charge is 0.394 e. The molecule has 0 aliphatic carbocycles. The highest BCUT2D eigenvalue weighted by atomic mass is 16.3. The minimum absolute atomic E-state index is 0.0310. The fourth-order valence-electron chi connectivity index (χ4n) is 2.38. The summed E-state index contributed by atoms with van der Waals surface area (Å²) in [6, 6.07) is -1.40. The molecule has 1 aliphatic rings. The maximum Gasteiger partial charge on any atom is 0.312 e. The fourth-order valence-corrected chi connectivity index (χ4v) is 2.38. The lowest BCUT2D eigenvalue weighted by Gasteiger charge is -2.28. The number of nitrogens with two attached hydrogens (primary N) is 1. The molecule has 1 saturated heterocycles. The number of carbonyl (C=O) groups excluding carboxylic acids is 2. The first-order valence-electron chi connectivity index (χ1n) is 6.43. The van der Waals surface area contributed by atoms with Crippen LogP contribution in [-0.4, -0.2) is 47.2 Å². The van der Waals surface area contributed by atoms with Crippen molar-refractivity contribution in [3.05, 3.63) is 0 Å². The molecule has 2 atom stereocenters. The number of nitrogens with zero attached hydrogens (tertiary/aromatic N) is 1. The molecule has 6 nitrogen and oxygen atoms in total. The number of aliphatic hydroxyl groups excluding tert-OH is 1. The molecule has 1 heterocycles. The first-order chi connectivity index (χ1) is 8.45. The molecule has 0 aromatic rings. The second-order valence-corrected chi connectivity index (χ2v) is 5.20. The Bertz CT molecular complexity index is 307. The van der Waals surface area contributed by atoms with Crippen LogP contribution < -0.4 is 11.1 Å². The molecule has 0 aromatic heterocycles. The predicted octanol–water partition coefficient (Wildman–Crippen LogP) is 0.0527. The number of primary amides is 1. The van der Waals surface area contributed by atoms with Crippen LogP contribution in [0.3, 0.4) is 0 Å². The molecule has 6 heteroatoms. The van der Waals surface area contributed by atoms with Crippen LogP contribution in [0.1, 0.15) is 33.1 Å². The van der Waals surface area contributed by atoms with Gasteiger partial charge < -0.3 is 21.1 Å². The molecular weight excluding hydrogens is 234 g/mol. The van der Waals surface area contributed by atoms with E-state index in [0.717, 1.165) is 12.8 Å². The van der Waals surface area contributed by atoms with Gasteiger partial charge in [-0.15, -0.1) is 0 Å². The summed E-state index contributed by atoms with van der Waals surface area (Å²) < 4.78 is 0. The Morgan fingerprint density at radius 1 is 1.50 bits per heavy atom. The van der Waals surface area contributed by atoms with Crippen molar-refractivity contribution in [1.82, 2.24) is 10.2 Å². The number of aliphatic hydroxyl groups is 1. The van der Waals surface area contributed by atoms with E-state index in [1.807, 2.05) is 13.8 Å². The van der Waals surface area contributed by atoms with Crippen LogP contribution in [0.4, 0.5) is 4.79 Å². The molecule has 4 N–H and O–H groups in total. The molecule has 1 fully saturated rings. The zero-order valence-corrected chi connectivity index (χ0v) is 11.1. The van der Waals surface area contributed by atoms with Crippen LogP contribution in [0.15, 0.2) is 0 Å². The maximum atomic E-state index is 12.3. The molecule has 0 aromatic carbocycles. The Morgan fingerprint density at radius 2 is 2.17 bits per heavy atom. The van der Waals surface area contributed by atoms with E-state index >= 15 is 0 Å². The van der Waals surface area contributed by atoms with Gasteiger partial charge in [-0.2, -0.15) is 0 Å². The minimum atomic E-state index is -0.686. The zero-order chi connectivity index (χ0) is 13.7. The molecule has 0 radical (unpaired) electrons. The molecule has 1 unspecified atom stereocenters. The highest BCUT2D eigenvalue weighted by molar-refractivity contribution is 5.87. The number of nitrogens with one attached hydrogen (secondary N) is 1. The van der Waals surface area contributed by atoms with Gasteiger partial charge in [-0.05, 0) is 25.2 Å². The number of rotatable bonds is 5. The molecule has 3 amide bonds. The summed E-state index contributed by atoms with van der Waals surface area (Å²) in [4.78, 5) is 24.9. The second kappa shape index (κ2) is 6.58. The first-order valence-corrected chi connectivity index (χ1v) is 6.43. The maximum absolute atomic E-state index is 12.3. The second-order valence-electron chi connectivity index (χ2n) is 5.20. The van der Waals surface area contributed by atoms with E-state index in [1.54, 1.807) is 4.90 Å². The van der Waals surface area contributed by atoms with Gasteiger partial charge in [0.05, 0.1) is 12.6 Å². The number of likely N-dealkylation sites (tertiary alicyclic amines) is 1. The van der Waals surface area contributed by atoms with Crippen LogP contribution in [0.2, 0.25) is 0 Å². The number of hydrogen-bond acceptors (Lipinski definition) is 3. The topological polar surface area (TPSA) is 95.7 Å². The van der Waals surface area contributed by atoms with E-state index < -0.39 is 12.1 Å². The third-order valence-corrected chi connectivity index (χ3v) is 3.19. The van der Waals surface area contributed by atoms with Gasteiger partial charge in [-0.3, -0.25) is 4.79 Å². The molecular formula is C12H23N3O3. The van der Waals surface area contributed by atoms with Gasteiger partial charge in [0.15, 0.2) is 0 Å². The average molecular weight is 257 g/mol. The van der Waals surface area contributed by atoms with Gasteiger partial charge >= 0.3 is 6.03 Å². The van der Waals surface area contributed by atoms with Crippen molar-refractivity contribution in [3.8, 4) is 0 Å². The lowest BCUT2D eigenvalue weighted by atomic mass is 10.0. The molecule has 1 rings (SSSR count). The fraction of sp³-hybridized carbons (Fsp3) is 0.833. The van der Waals surface area contributed by atoms with E-state index in [-0.39, 0.29) is 24.5 Å². The highest BCUT2D eigenvalue weighted by Gasteiger charge is 2.33. The van der Waals surface area contributed by atoms with Gasteiger partial charge in [0, 0.05) is 6.54 Å². The van der Waals surface area contributed by atoms with Crippen molar-refractivity contribution in [2.75, 3.05) is 13.2 Å². The Kier molecular flexibility index (Phi) is 5.40. The van der Waals surface area contributed by atoms with Crippen molar-refractivity contribution in [2.45, 2.75) is 45.2 Å². The summed E-state index contributed by atoms with van der Waals surface area (Å²) in [5.74, 6) is 0.139. The van der Waals surface area contributed by atoms with E-state index in [9.17, 15) is 14.7 Å². The summed E-state index contributed by atoms with van der Waals surface area (Å²) in [6.45, 7) is 4.57. The van der Waals surface area contributed by atoms with E-state index in [4.69, 9.17) is 5.73 Å². The smallest absolute Gasteiger partial charge is 0.312 e. The summed E-state index contributed by atoms with van der Waals surface area (Å²) in [5.41, 5.74) is 5.10. The number of urea groups is 1. The van der Waals surface area contributed by atoms with Crippen molar-refractivity contribution >= 4 is 11.9 Å². The average Bonchev–Trinajstić information content (AvgIpc) is 2.73. The van der Waals surface area contributed by atoms with Crippen molar-refractivity contribution in [3.63, 3.8) is 0 Å². The monoisotopic (exact) mass is 257 g/mol. The SMILES string of the molecule is CC(C)CC(NC(N)=O)C(=O)N1CCC[C@H]1CO.